The molecule has 2 N–H and O–H groups in total. The SMILES string of the molecule is O=C(CCc1ccccc1)Nc1ccc(S(=O)(=O)c2ccc(NC(=O)CCc3ccccc3)cc2)cc1. The first-order valence-corrected chi connectivity index (χ1v) is 13.5. The summed E-state index contributed by atoms with van der Waals surface area (Å²) >= 11 is 0. The molecule has 6 nitrogen and oxygen atoms in total. The maximum absolute atomic E-state index is 13.0. The van der Waals surface area contributed by atoms with Gasteiger partial charge in [0.2, 0.25) is 21.7 Å². The second kappa shape index (κ2) is 12.1. The fraction of sp³-hybridized carbons (Fsp3) is 0.133. The molecule has 0 fully saturated rings. The van der Waals surface area contributed by atoms with Crippen molar-refractivity contribution in [3.63, 3.8) is 0 Å². The number of hydrogen-bond acceptors (Lipinski definition) is 4. The number of aryl methyl sites for hydroxylation is 2. The lowest BCUT2D eigenvalue weighted by Gasteiger charge is -2.09. The van der Waals surface area contributed by atoms with Crippen molar-refractivity contribution in [1.82, 2.24) is 0 Å². The van der Waals surface area contributed by atoms with Crippen molar-refractivity contribution in [2.45, 2.75) is 35.5 Å². The molecule has 0 spiro atoms. The maximum atomic E-state index is 13.0. The Morgan fingerprint density at radius 2 is 0.865 bits per heavy atom. The van der Waals surface area contributed by atoms with Gasteiger partial charge in [0.05, 0.1) is 9.79 Å². The highest BCUT2D eigenvalue weighted by Gasteiger charge is 2.18. The minimum Gasteiger partial charge on any atom is -0.326 e. The molecule has 0 aromatic heterocycles. The Balaban J connectivity index is 1.31. The molecule has 0 atom stereocenters. The molecular weight excluding hydrogens is 484 g/mol. The van der Waals surface area contributed by atoms with E-state index >= 15 is 0 Å². The fourth-order valence-corrected chi connectivity index (χ4v) is 5.08. The minimum atomic E-state index is -3.75. The van der Waals surface area contributed by atoms with Crippen LogP contribution >= 0.6 is 0 Å². The number of rotatable bonds is 10. The Kier molecular flexibility index (Phi) is 8.48. The van der Waals surface area contributed by atoms with Gasteiger partial charge in [-0.2, -0.15) is 0 Å². The number of carbonyl (C=O) groups excluding carboxylic acids is 2. The average Bonchev–Trinajstić information content (AvgIpc) is 2.92. The smallest absolute Gasteiger partial charge is 0.224 e. The Morgan fingerprint density at radius 3 is 1.22 bits per heavy atom. The van der Waals surface area contributed by atoms with Gasteiger partial charge in [0, 0.05) is 24.2 Å². The van der Waals surface area contributed by atoms with Crippen molar-refractivity contribution in [1.29, 1.82) is 0 Å². The van der Waals surface area contributed by atoms with E-state index < -0.39 is 9.84 Å². The lowest BCUT2D eigenvalue weighted by atomic mass is 10.1. The van der Waals surface area contributed by atoms with Crippen molar-refractivity contribution in [3.05, 3.63) is 120 Å². The van der Waals surface area contributed by atoms with Crippen LogP contribution in [0.5, 0.6) is 0 Å². The zero-order valence-corrected chi connectivity index (χ0v) is 21.1. The average molecular weight is 513 g/mol. The molecule has 4 rings (SSSR count). The monoisotopic (exact) mass is 512 g/mol. The van der Waals surface area contributed by atoms with Gasteiger partial charge in [0.15, 0.2) is 0 Å². The Bertz CT molecular complexity index is 1330. The molecule has 4 aromatic carbocycles. The van der Waals surface area contributed by atoms with Crippen LogP contribution in [0.15, 0.2) is 119 Å². The number of hydrogen-bond donors (Lipinski definition) is 2. The standard InChI is InChI=1S/C30H28N2O4S/c33-29(21-11-23-7-3-1-4-8-23)31-25-13-17-27(18-14-25)37(35,36)28-19-15-26(16-20-28)32-30(34)22-12-24-9-5-2-6-10-24/h1-10,13-20H,11-12,21-22H2,(H,31,33)(H,32,34). The summed E-state index contributed by atoms with van der Waals surface area (Å²) in [6, 6.07) is 31.7. The first-order valence-electron chi connectivity index (χ1n) is 12.0. The van der Waals surface area contributed by atoms with E-state index in [1.54, 1.807) is 24.3 Å². The summed E-state index contributed by atoms with van der Waals surface area (Å²) in [6.07, 6.45) is 1.92. The zero-order chi connectivity index (χ0) is 26.1. The molecular formula is C30H28N2O4S. The molecule has 37 heavy (non-hydrogen) atoms. The van der Waals surface area contributed by atoms with E-state index in [1.165, 1.54) is 24.3 Å². The van der Waals surface area contributed by atoms with Crippen LogP contribution in [0.3, 0.4) is 0 Å². The van der Waals surface area contributed by atoms with Gasteiger partial charge >= 0.3 is 0 Å². The first kappa shape index (κ1) is 25.9. The van der Waals surface area contributed by atoms with Gasteiger partial charge in [0.1, 0.15) is 0 Å². The van der Waals surface area contributed by atoms with Crippen molar-refractivity contribution < 1.29 is 18.0 Å². The number of carbonyl (C=O) groups is 2. The van der Waals surface area contributed by atoms with Crippen LogP contribution in [0.25, 0.3) is 0 Å². The van der Waals surface area contributed by atoms with E-state index in [0.29, 0.717) is 37.1 Å². The van der Waals surface area contributed by atoms with Gasteiger partial charge in [-0.15, -0.1) is 0 Å². The molecule has 0 saturated heterocycles. The van der Waals surface area contributed by atoms with E-state index in [9.17, 15) is 18.0 Å². The van der Waals surface area contributed by atoms with Crippen LogP contribution in [0, 0.1) is 0 Å². The molecule has 0 heterocycles. The summed E-state index contributed by atoms with van der Waals surface area (Å²) in [5.74, 6) is -0.276. The van der Waals surface area contributed by atoms with Crippen LogP contribution in [0.4, 0.5) is 11.4 Å². The first-order chi connectivity index (χ1) is 17.9. The molecule has 0 unspecified atom stereocenters. The topological polar surface area (TPSA) is 92.3 Å². The van der Waals surface area contributed by atoms with E-state index in [4.69, 9.17) is 0 Å². The van der Waals surface area contributed by atoms with Crippen molar-refractivity contribution in [2.24, 2.45) is 0 Å². The summed E-state index contributed by atoms with van der Waals surface area (Å²) in [4.78, 5) is 24.7. The highest BCUT2D eigenvalue weighted by molar-refractivity contribution is 7.91. The normalized spacial score (nSPS) is 11.0. The predicted molar refractivity (Wildman–Crippen MR) is 145 cm³/mol. The van der Waals surface area contributed by atoms with Gasteiger partial charge in [-0.1, -0.05) is 60.7 Å². The van der Waals surface area contributed by atoms with Crippen LogP contribution in [-0.2, 0) is 32.3 Å². The van der Waals surface area contributed by atoms with Crippen LogP contribution in [-0.4, -0.2) is 20.2 Å². The van der Waals surface area contributed by atoms with Crippen LogP contribution in [0.2, 0.25) is 0 Å². The maximum Gasteiger partial charge on any atom is 0.224 e. The Morgan fingerprint density at radius 1 is 0.514 bits per heavy atom. The molecule has 4 aromatic rings. The highest BCUT2D eigenvalue weighted by atomic mass is 32.2. The van der Waals surface area contributed by atoms with Gasteiger partial charge in [-0.3, -0.25) is 9.59 Å². The number of sulfone groups is 1. The summed E-state index contributed by atoms with van der Waals surface area (Å²) < 4.78 is 26.1. The van der Waals surface area contributed by atoms with Crippen LogP contribution in [0.1, 0.15) is 24.0 Å². The number of benzene rings is 4. The Hall–Kier alpha value is -4.23. The fourth-order valence-electron chi connectivity index (χ4n) is 3.82. The third-order valence-corrected chi connectivity index (χ3v) is 7.65. The predicted octanol–water partition coefficient (Wildman–Crippen LogP) is 5.66. The molecule has 0 aliphatic heterocycles. The summed E-state index contributed by atoms with van der Waals surface area (Å²) in [6.45, 7) is 0. The molecule has 7 heteroatoms. The second-order valence-electron chi connectivity index (χ2n) is 8.62. The van der Waals surface area contributed by atoms with Gasteiger partial charge < -0.3 is 10.6 Å². The lowest BCUT2D eigenvalue weighted by Crippen LogP contribution is -2.13. The number of amides is 2. The largest absolute Gasteiger partial charge is 0.326 e. The van der Waals surface area contributed by atoms with Crippen molar-refractivity contribution in [2.75, 3.05) is 10.6 Å². The zero-order valence-electron chi connectivity index (χ0n) is 20.3. The molecule has 0 radical (unpaired) electrons. The molecule has 0 bridgehead atoms. The van der Waals surface area contributed by atoms with Crippen molar-refractivity contribution >= 4 is 33.0 Å². The van der Waals surface area contributed by atoms with E-state index in [0.717, 1.165) is 11.1 Å². The second-order valence-corrected chi connectivity index (χ2v) is 10.6. The molecule has 0 saturated carbocycles. The van der Waals surface area contributed by atoms with E-state index in [1.807, 2.05) is 60.7 Å². The number of anilines is 2. The van der Waals surface area contributed by atoms with E-state index in [-0.39, 0.29) is 21.6 Å². The lowest BCUT2D eigenvalue weighted by molar-refractivity contribution is -0.117. The Labute approximate surface area is 217 Å². The quantitative estimate of drug-likeness (QED) is 0.287. The number of nitrogens with one attached hydrogen (secondary N) is 2. The summed E-state index contributed by atoms with van der Waals surface area (Å²) in [5.41, 5.74) is 3.23. The highest BCUT2D eigenvalue weighted by Crippen LogP contribution is 2.24. The molecule has 0 aliphatic rings. The summed E-state index contributed by atoms with van der Waals surface area (Å²) in [7, 11) is -3.75. The van der Waals surface area contributed by atoms with E-state index in [2.05, 4.69) is 10.6 Å². The van der Waals surface area contributed by atoms with Crippen LogP contribution < -0.4 is 10.6 Å². The van der Waals surface area contributed by atoms with Gasteiger partial charge in [-0.05, 0) is 72.5 Å². The molecule has 188 valence electrons. The molecule has 0 aliphatic carbocycles. The molecule has 2 amide bonds. The third-order valence-electron chi connectivity index (χ3n) is 5.86. The van der Waals surface area contributed by atoms with Crippen molar-refractivity contribution in [3.8, 4) is 0 Å². The van der Waals surface area contributed by atoms with Gasteiger partial charge in [0.25, 0.3) is 0 Å². The van der Waals surface area contributed by atoms with Gasteiger partial charge in [-0.25, -0.2) is 8.42 Å². The minimum absolute atomic E-state index is 0.120. The third kappa shape index (κ3) is 7.38. The summed E-state index contributed by atoms with van der Waals surface area (Å²) in [5, 5.41) is 5.61.